The third kappa shape index (κ3) is 2.75. The molecule has 0 aromatic heterocycles. The zero-order chi connectivity index (χ0) is 15.0. The van der Waals surface area contributed by atoms with Gasteiger partial charge in [-0.3, -0.25) is 4.21 Å². The van der Waals surface area contributed by atoms with Crippen molar-refractivity contribution in [2.24, 2.45) is 0 Å². The standard InChI is InChI=1S/C19H26OS/c1-4-14-9-13(3)10-15(5-2)19(14)16-11-17-7-6-8-18(12-16)21(17)20/h9-11,17-18H,4-8,12H2,1-3H3. The fourth-order valence-electron chi connectivity index (χ4n) is 4.00. The second kappa shape index (κ2) is 6.08. The molecule has 2 aliphatic heterocycles. The van der Waals surface area contributed by atoms with Crippen molar-refractivity contribution in [1.29, 1.82) is 0 Å². The molecule has 0 amide bonds. The van der Waals surface area contributed by atoms with E-state index < -0.39 is 10.8 Å². The highest BCUT2D eigenvalue weighted by Gasteiger charge is 2.34. The Balaban J connectivity index is 2.10. The fourth-order valence-corrected chi connectivity index (χ4v) is 5.93. The Kier molecular flexibility index (Phi) is 4.35. The van der Waals surface area contributed by atoms with Crippen molar-refractivity contribution in [2.75, 3.05) is 0 Å². The first-order chi connectivity index (χ1) is 10.1. The van der Waals surface area contributed by atoms with Crippen LogP contribution < -0.4 is 0 Å². The fraction of sp³-hybridized carbons (Fsp3) is 0.579. The Labute approximate surface area is 131 Å². The first-order valence-electron chi connectivity index (χ1n) is 8.36. The molecule has 1 aromatic rings. The maximum absolute atomic E-state index is 12.4. The minimum atomic E-state index is -0.628. The summed E-state index contributed by atoms with van der Waals surface area (Å²) in [6.45, 7) is 6.70. The van der Waals surface area contributed by atoms with Gasteiger partial charge in [-0.15, -0.1) is 0 Å². The van der Waals surface area contributed by atoms with Crippen LogP contribution in [0.4, 0.5) is 0 Å². The third-order valence-corrected chi connectivity index (χ3v) is 7.03. The number of allylic oxidation sites excluding steroid dienone is 1. The zero-order valence-corrected chi connectivity index (χ0v) is 14.3. The lowest BCUT2D eigenvalue weighted by Gasteiger charge is -2.34. The number of aryl methyl sites for hydroxylation is 3. The van der Waals surface area contributed by atoms with E-state index in [2.05, 4.69) is 39.0 Å². The van der Waals surface area contributed by atoms with Crippen LogP contribution in [-0.4, -0.2) is 14.7 Å². The minimum Gasteiger partial charge on any atom is -0.259 e. The molecule has 0 radical (unpaired) electrons. The molecule has 114 valence electrons. The molecule has 2 heteroatoms. The third-order valence-electron chi connectivity index (χ3n) is 5.01. The van der Waals surface area contributed by atoms with Gasteiger partial charge in [-0.25, -0.2) is 0 Å². The van der Waals surface area contributed by atoms with Gasteiger partial charge in [0.25, 0.3) is 0 Å². The Morgan fingerprint density at radius 3 is 2.38 bits per heavy atom. The summed E-state index contributed by atoms with van der Waals surface area (Å²) in [6.07, 6.45) is 9.05. The Morgan fingerprint density at radius 2 is 1.81 bits per heavy atom. The predicted octanol–water partition coefficient (Wildman–Crippen LogP) is 4.58. The molecule has 0 N–H and O–H groups in total. The zero-order valence-electron chi connectivity index (χ0n) is 13.4. The van der Waals surface area contributed by atoms with E-state index in [1.807, 2.05) is 0 Å². The van der Waals surface area contributed by atoms with E-state index in [-0.39, 0.29) is 0 Å². The van der Waals surface area contributed by atoms with Crippen molar-refractivity contribution in [3.8, 4) is 0 Å². The van der Waals surface area contributed by atoms with Crippen molar-refractivity contribution < 1.29 is 4.21 Å². The number of fused-ring (bicyclic) bond motifs is 2. The predicted molar refractivity (Wildman–Crippen MR) is 92.1 cm³/mol. The molecule has 3 rings (SSSR count). The van der Waals surface area contributed by atoms with Gasteiger partial charge in [-0.05, 0) is 61.3 Å². The van der Waals surface area contributed by atoms with Crippen LogP contribution in [0.5, 0.6) is 0 Å². The minimum absolute atomic E-state index is 0.309. The highest BCUT2D eigenvalue weighted by molar-refractivity contribution is 7.86. The molecule has 3 unspecified atom stereocenters. The molecular weight excluding hydrogens is 276 g/mol. The second-order valence-corrected chi connectivity index (χ2v) is 8.41. The summed E-state index contributed by atoms with van der Waals surface area (Å²) in [6, 6.07) is 4.69. The van der Waals surface area contributed by atoms with Gasteiger partial charge in [0.2, 0.25) is 0 Å². The average Bonchev–Trinajstić information content (AvgIpc) is 2.46. The molecule has 2 heterocycles. The molecule has 1 saturated heterocycles. The van der Waals surface area contributed by atoms with E-state index in [0.29, 0.717) is 10.5 Å². The summed E-state index contributed by atoms with van der Waals surface area (Å²) in [4.78, 5) is 0. The van der Waals surface area contributed by atoms with Gasteiger partial charge in [-0.2, -0.15) is 0 Å². The smallest absolute Gasteiger partial charge is 0.0536 e. The van der Waals surface area contributed by atoms with Crippen molar-refractivity contribution in [2.45, 2.75) is 69.8 Å². The van der Waals surface area contributed by atoms with Crippen LogP contribution >= 0.6 is 0 Å². The van der Waals surface area contributed by atoms with Crippen LogP contribution in [0.1, 0.15) is 61.8 Å². The van der Waals surface area contributed by atoms with Gasteiger partial charge in [-0.1, -0.05) is 44.0 Å². The summed E-state index contributed by atoms with van der Waals surface area (Å²) in [7, 11) is -0.628. The van der Waals surface area contributed by atoms with Crippen LogP contribution in [0, 0.1) is 6.92 Å². The van der Waals surface area contributed by atoms with E-state index in [0.717, 1.165) is 32.1 Å². The van der Waals surface area contributed by atoms with Crippen molar-refractivity contribution in [1.82, 2.24) is 0 Å². The van der Waals surface area contributed by atoms with E-state index in [9.17, 15) is 4.21 Å². The van der Waals surface area contributed by atoms with E-state index in [1.54, 1.807) is 0 Å². The molecule has 0 aliphatic carbocycles. The lowest BCUT2D eigenvalue weighted by Crippen LogP contribution is -2.33. The number of hydrogen-bond acceptors (Lipinski definition) is 1. The number of rotatable bonds is 3. The van der Waals surface area contributed by atoms with Gasteiger partial charge in [0.1, 0.15) is 0 Å². The van der Waals surface area contributed by atoms with Gasteiger partial charge >= 0.3 is 0 Å². The lowest BCUT2D eigenvalue weighted by molar-refractivity contribution is 0.579. The number of hydrogen-bond donors (Lipinski definition) is 0. The van der Waals surface area contributed by atoms with Crippen LogP contribution in [0.15, 0.2) is 18.2 Å². The molecule has 21 heavy (non-hydrogen) atoms. The normalized spacial score (nSPS) is 28.3. The van der Waals surface area contributed by atoms with E-state index >= 15 is 0 Å². The molecule has 0 spiro atoms. The average molecular weight is 302 g/mol. The molecule has 2 aliphatic rings. The summed E-state index contributed by atoms with van der Waals surface area (Å²) >= 11 is 0. The first-order valence-corrected chi connectivity index (χ1v) is 9.64. The Hall–Kier alpha value is -0.890. The summed E-state index contributed by atoms with van der Waals surface area (Å²) in [5, 5.41) is 0.711. The molecule has 0 saturated carbocycles. The summed E-state index contributed by atoms with van der Waals surface area (Å²) < 4.78 is 12.4. The quantitative estimate of drug-likeness (QED) is 0.799. The summed E-state index contributed by atoms with van der Waals surface area (Å²) in [5.74, 6) is 0. The van der Waals surface area contributed by atoms with Gasteiger partial charge in [0.15, 0.2) is 0 Å². The van der Waals surface area contributed by atoms with Crippen LogP contribution in [0.3, 0.4) is 0 Å². The van der Waals surface area contributed by atoms with Crippen molar-refractivity contribution >= 4 is 16.4 Å². The first kappa shape index (κ1) is 15.0. The number of benzene rings is 1. The molecule has 2 bridgehead atoms. The molecular formula is C19H26OS. The molecule has 1 nitrogen and oxygen atoms in total. The maximum atomic E-state index is 12.4. The largest absolute Gasteiger partial charge is 0.259 e. The molecule has 1 fully saturated rings. The highest BCUT2D eigenvalue weighted by Crippen LogP contribution is 2.39. The van der Waals surface area contributed by atoms with Crippen molar-refractivity contribution in [3.63, 3.8) is 0 Å². The van der Waals surface area contributed by atoms with Crippen molar-refractivity contribution in [3.05, 3.63) is 40.5 Å². The lowest BCUT2D eigenvalue weighted by atomic mass is 9.85. The van der Waals surface area contributed by atoms with Crippen LogP contribution in [0.2, 0.25) is 0 Å². The topological polar surface area (TPSA) is 17.1 Å². The van der Waals surface area contributed by atoms with Crippen LogP contribution in [0.25, 0.3) is 5.57 Å². The maximum Gasteiger partial charge on any atom is 0.0536 e. The molecule has 3 atom stereocenters. The Bertz CT molecular complexity index is 575. The van der Waals surface area contributed by atoms with E-state index in [1.165, 1.54) is 34.2 Å². The Morgan fingerprint density at radius 1 is 1.14 bits per heavy atom. The van der Waals surface area contributed by atoms with E-state index in [4.69, 9.17) is 0 Å². The monoisotopic (exact) mass is 302 g/mol. The van der Waals surface area contributed by atoms with Crippen LogP contribution in [-0.2, 0) is 23.6 Å². The molecule has 1 aromatic carbocycles. The van der Waals surface area contributed by atoms with Gasteiger partial charge < -0.3 is 0 Å². The van der Waals surface area contributed by atoms with Gasteiger partial charge in [0.05, 0.1) is 5.25 Å². The summed E-state index contributed by atoms with van der Waals surface area (Å²) in [5.41, 5.74) is 7.29. The second-order valence-electron chi connectivity index (χ2n) is 6.48. The highest BCUT2D eigenvalue weighted by atomic mass is 32.2. The van der Waals surface area contributed by atoms with Gasteiger partial charge in [0, 0.05) is 16.0 Å². The SMILES string of the molecule is CCc1cc(C)cc(CC)c1C1=CC2CCCC(C1)S2=O.